The quantitative estimate of drug-likeness (QED) is 0.846. The van der Waals surface area contributed by atoms with E-state index in [1.165, 1.54) is 0 Å². The third-order valence-electron chi connectivity index (χ3n) is 3.24. The third kappa shape index (κ3) is 3.59. The van der Waals surface area contributed by atoms with Crippen LogP contribution >= 0.6 is 0 Å². The highest BCUT2D eigenvalue weighted by atomic mass is 16.5. The van der Waals surface area contributed by atoms with Gasteiger partial charge in [0.05, 0.1) is 39.6 Å². The minimum absolute atomic E-state index is 0.155. The van der Waals surface area contributed by atoms with Gasteiger partial charge in [0.1, 0.15) is 11.5 Å². The molecule has 1 saturated heterocycles. The summed E-state index contributed by atoms with van der Waals surface area (Å²) in [6.45, 7) is 1.86. The van der Waals surface area contributed by atoms with E-state index in [9.17, 15) is 0 Å². The lowest BCUT2D eigenvalue weighted by atomic mass is 10.1. The molecule has 1 aliphatic rings. The predicted molar refractivity (Wildman–Crippen MR) is 71.7 cm³/mol. The molecule has 0 saturated carbocycles. The van der Waals surface area contributed by atoms with Crippen molar-refractivity contribution in [3.05, 3.63) is 23.8 Å². The summed E-state index contributed by atoms with van der Waals surface area (Å²) in [7, 11) is 3.26. The molecule has 5 nitrogen and oxygen atoms in total. The molecule has 2 N–H and O–H groups in total. The molecule has 1 heterocycles. The van der Waals surface area contributed by atoms with Crippen LogP contribution in [0.15, 0.2) is 18.2 Å². The third-order valence-corrected chi connectivity index (χ3v) is 3.24. The number of ether oxygens (including phenoxy) is 4. The summed E-state index contributed by atoms with van der Waals surface area (Å²) in [6, 6.07) is 5.34. The Kier molecular flexibility index (Phi) is 5.01. The van der Waals surface area contributed by atoms with Crippen molar-refractivity contribution >= 4 is 0 Å². The first kappa shape index (κ1) is 14.1. The molecule has 0 aliphatic carbocycles. The Labute approximate surface area is 113 Å². The summed E-state index contributed by atoms with van der Waals surface area (Å²) in [5.74, 6) is 1.51. The molecule has 1 aromatic carbocycles. The molecule has 0 spiro atoms. The largest absolute Gasteiger partial charge is 0.497 e. The van der Waals surface area contributed by atoms with E-state index in [1.54, 1.807) is 14.2 Å². The standard InChI is InChI=1S/C14H21NO4/c1-16-10-3-4-14(17-2)12(7-10)13(15)9-19-11-5-6-18-8-11/h3-4,7,11,13H,5-6,8-9,15H2,1-2H3. The normalized spacial score (nSPS) is 20.3. The van der Waals surface area contributed by atoms with E-state index >= 15 is 0 Å². The van der Waals surface area contributed by atoms with Crippen molar-refractivity contribution in [1.29, 1.82) is 0 Å². The molecular formula is C14H21NO4. The van der Waals surface area contributed by atoms with E-state index in [-0.39, 0.29) is 12.1 Å². The highest BCUT2D eigenvalue weighted by Crippen LogP contribution is 2.28. The molecule has 106 valence electrons. The summed E-state index contributed by atoms with van der Waals surface area (Å²) in [5, 5.41) is 0. The van der Waals surface area contributed by atoms with E-state index in [2.05, 4.69) is 0 Å². The molecule has 2 rings (SSSR count). The van der Waals surface area contributed by atoms with E-state index in [0.29, 0.717) is 13.2 Å². The zero-order valence-electron chi connectivity index (χ0n) is 11.4. The number of benzene rings is 1. The minimum atomic E-state index is -0.245. The van der Waals surface area contributed by atoms with Gasteiger partial charge in [-0.1, -0.05) is 0 Å². The van der Waals surface area contributed by atoms with Gasteiger partial charge in [-0.2, -0.15) is 0 Å². The first-order valence-corrected chi connectivity index (χ1v) is 6.41. The molecule has 2 unspecified atom stereocenters. The first-order valence-electron chi connectivity index (χ1n) is 6.41. The maximum absolute atomic E-state index is 6.17. The molecular weight excluding hydrogens is 246 g/mol. The van der Waals surface area contributed by atoms with Crippen LogP contribution in [0.25, 0.3) is 0 Å². The van der Waals surface area contributed by atoms with E-state index in [4.69, 9.17) is 24.7 Å². The van der Waals surface area contributed by atoms with Gasteiger partial charge in [-0.3, -0.25) is 0 Å². The Hall–Kier alpha value is -1.30. The fourth-order valence-electron chi connectivity index (χ4n) is 2.10. The van der Waals surface area contributed by atoms with Crippen LogP contribution in [0, 0.1) is 0 Å². The van der Waals surface area contributed by atoms with Crippen LogP contribution in [0.4, 0.5) is 0 Å². The lowest BCUT2D eigenvalue weighted by Gasteiger charge is -2.18. The van der Waals surface area contributed by atoms with E-state index in [0.717, 1.165) is 30.1 Å². The van der Waals surface area contributed by atoms with Gasteiger partial charge in [0, 0.05) is 12.2 Å². The van der Waals surface area contributed by atoms with Crippen molar-refractivity contribution in [1.82, 2.24) is 0 Å². The van der Waals surface area contributed by atoms with Crippen LogP contribution in [0.5, 0.6) is 11.5 Å². The minimum Gasteiger partial charge on any atom is -0.497 e. The van der Waals surface area contributed by atoms with Gasteiger partial charge in [0.15, 0.2) is 0 Å². The van der Waals surface area contributed by atoms with Crippen LogP contribution in [-0.4, -0.2) is 40.1 Å². The van der Waals surface area contributed by atoms with Gasteiger partial charge >= 0.3 is 0 Å². The van der Waals surface area contributed by atoms with Crippen LogP contribution in [0.1, 0.15) is 18.0 Å². The van der Waals surface area contributed by atoms with Crippen LogP contribution in [-0.2, 0) is 9.47 Å². The lowest BCUT2D eigenvalue weighted by molar-refractivity contribution is 0.0347. The number of hydrogen-bond donors (Lipinski definition) is 1. The monoisotopic (exact) mass is 267 g/mol. The average Bonchev–Trinajstić information content (AvgIpc) is 2.97. The van der Waals surface area contributed by atoms with Crippen molar-refractivity contribution in [2.75, 3.05) is 34.0 Å². The second-order valence-corrected chi connectivity index (χ2v) is 4.53. The Morgan fingerprint density at radius 1 is 1.37 bits per heavy atom. The second-order valence-electron chi connectivity index (χ2n) is 4.53. The van der Waals surface area contributed by atoms with Gasteiger partial charge in [0.25, 0.3) is 0 Å². The number of methoxy groups -OCH3 is 2. The maximum atomic E-state index is 6.17. The molecule has 1 aliphatic heterocycles. The Balaban J connectivity index is 2.01. The van der Waals surface area contributed by atoms with Crippen molar-refractivity contribution in [2.24, 2.45) is 5.73 Å². The summed E-state index contributed by atoms with van der Waals surface area (Å²) in [4.78, 5) is 0. The Morgan fingerprint density at radius 3 is 2.84 bits per heavy atom. The molecule has 19 heavy (non-hydrogen) atoms. The highest BCUT2D eigenvalue weighted by molar-refractivity contribution is 5.42. The highest BCUT2D eigenvalue weighted by Gasteiger charge is 2.19. The molecule has 0 bridgehead atoms. The smallest absolute Gasteiger partial charge is 0.123 e. The van der Waals surface area contributed by atoms with Crippen LogP contribution < -0.4 is 15.2 Å². The number of rotatable bonds is 6. The van der Waals surface area contributed by atoms with Crippen molar-refractivity contribution in [3.63, 3.8) is 0 Å². The zero-order chi connectivity index (χ0) is 13.7. The van der Waals surface area contributed by atoms with E-state index in [1.807, 2.05) is 18.2 Å². The summed E-state index contributed by atoms with van der Waals surface area (Å²) in [5.41, 5.74) is 7.06. The fraction of sp³-hybridized carbons (Fsp3) is 0.571. The van der Waals surface area contributed by atoms with Gasteiger partial charge < -0.3 is 24.7 Å². The van der Waals surface area contributed by atoms with Crippen LogP contribution in [0.3, 0.4) is 0 Å². The maximum Gasteiger partial charge on any atom is 0.123 e. The molecule has 2 atom stereocenters. The molecule has 5 heteroatoms. The summed E-state index contributed by atoms with van der Waals surface area (Å²) < 4.78 is 21.5. The molecule has 0 radical (unpaired) electrons. The molecule has 0 aromatic heterocycles. The van der Waals surface area contributed by atoms with Crippen molar-refractivity contribution in [3.8, 4) is 11.5 Å². The first-order chi connectivity index (χ1) is 9.24. The van der Waals surface area contributed by atoms with Crippen LogP contribution in [0.2, 0.25) is 0 Å². The molecule has 1 aromatic rings. The van der Waals surface area contributed by atoms with Gasteiger partial charge in [0.2, 0.25) is 0 Å². The zero-order valence-corrected chi connectivity index (χ0v) is 11.4. The fourth-order valence-corrected chi connectivity index (χ4v) is 2.10. The summed E-state index contributed by atoms with van der Waals surface area (Å²) in [6.07, 6.45) is 1.09. The molecule has 1 fully saturated rings. The average molecular weight is 267 g/mol. The van der Waals surface area contributed by atoms with Gasteiger partial charge in [-0.15, -0.1) is 0 Å². The number of hydrogen-bond acceptors (Lipinski definition) is 5. The second kappa shape index (κ2) is 6.75. The van der Waals surface area contributed by atoms with E-state index < -0.39 is 0 Å². The molecule has 0 amide bonds. The van der Waals surface area contributed by atoms with Gasteiger partial charge in [-0.25, -0.2) is 0 Å². The number of nitrogens with two attached hydrogens (primary N) is 1. The van der Waals surface area contributed by atoms with Crippen molar-refractivity contribution < 1.29 is 18.9 Å². The lowest BCUT2D eigenvalue weighted by Crippen LogP contribution is -2.23. The summed E-state index contributed by atoms with van der Waals surface area (Å²) >= 11 is 0. The Morgan fingerprint density at radius 2 is 2.21 bits per heavy atom. The SMILES string of the molecule is COc1ccc(OC)c(C(N)COC2CCOC2)c1. The Bertz CT molecular complexity index is 404. The van der Waals surface area contributed by atoms with Crippen molar-refractivity contribution in [2.45, 2.75) is 18.6 Å². The predicted octanol–water partition coefficient (Wildman–Crippen LogP) is 1.51. The topological polar surface area (TPSA) is 62.9 Å². The van der Waals surface area contributed by atoms with Gasteiger partial charge in [-0.05, 0) is 24.6 Å².